The van der Waals surface area contributed by atoms with Crippen LogP contribution in [-0.4, -0.2) is 39.5 Å². The first-order valence-electron chi connectivity index (χ1n) is 6.14. The van der Waals surface area contributed by atoms with Gasteiger partial charge >= 0.3 is 10.1 Å². The molecule has 1 heterocycles. The summed E-state index contributed by atoms with van der Waals surface area (Å²) in [5.74, 6) is -0.376. The molecule has 0 atom stereocenters. The lowest BCUT2D eigenvalue weighted by Gasteiger charge is -2.10. The molecular weight excluding hydrogens is 340 g/mol. The summed E-state index contributed by atoms with van der Waals surface area (Å²) in [5.41, 5.74) is 0. The third-order valence-corrected chi connectivity index (χ3v) is 5.14. The minimum atomic E-state index is -3.84. The van der Waals surface area contributed by atoms with Gasteiger partial charge in [-0.2, -0.15) is 13.4 Å². The average Bonchev–Trinajstić information content (AvgIpc) is 2.35. The van der Waals surface area contributed by atoms with Crippen LogP contribution in [0.2, 0.25) is 0 Å². The summed E-state index contributed by atoms with van der Waals surface area (Å²) in [6, 6.07) is 3.57. The number of rotatable bonds is 8. The number of sulfonamides is 1. The maximum Gasteiger partial charge on any atom is 0.310 e. The molecule has 0 bridgehead atoms. The number of alkyl halides is 1. The van der Waals surface area contributed by atoms with Crippen LogP contribution in [0.1, 0.15) is 20.3 Å². The van der Waals surface area contributed by atoms with Crippen LogP contribution in [0.25, 0.3) is 0 Å². The minimum absolute atomic E-state index is 0.183. The molecule has 1 N–H and O–H groups in total. The monoisotopic (exact) mass is 356 g/mol. The number of pyridine rings is 1. The first-order chi connectivity index (χ1) is 9.66. The Morgan fingerprint density at radius 2 is 1.95 bits per heavy atom. The topological polar surface area (TPSA) is 102 Å². The van der Waals surface area contributed by atoms with Crippen molar-refractivity contribution in [3.63, 3.8) is 0 Å². The normalized spacial score (nSPS) is 12.6. The van der Waals surface area contributed by atoms with Gasteiger partial charge in [-0.05, 0) is 26.3 Å². The number of halogens is 1. The zero-order valence-corrected chi connectivity index (χ0v) is 14.0. The fourth-order valence-electron chi connectivity index (χ4n) is 1.37. The van der Waals surface area contributed by atoms with Gasteiger partial charge in [-0.25, -0.2) is 13.1 Å². The highest BCUT2D eigenvalue weighted by atomic mass is 35.5. The Morgan fingerprint density at radius 1 is 1.29 bits per heavy atom. The predicted molar refractivity (Wildman–Crippen MR) is 79.4 cm³/mol. The van der Waals surface area contributed by atoms with E-state index in [9.17, 15) is 16.8 Å². The fourth-order valence-corrected chi connectivity index (χ4v) is 3.80. The molecule has 0 aliphatic heterocycles. The van der Waals surface area contributed by atoms with Gasteiger partial charge in [0.1, 0.15) is 0 Å². The fraction of sp³-hybridized carbons (Fsp3) is 0.545. The smallest absolute Gasteiger partial charge is 0.310 e. The van der Waals surface area contributed by atoms with Gasteiger partial charge in [-0.15, -0.1) is 11.6 Å². The van der Waals surface area contributed by atoms with E-state index in [4.69, 9.17) is 15.8 Å². The molecule has 21 heavy (non-hydrogen) atoms. The highest BCUT2D eigenvalue weighted by Gasteiger charge is 2.19. The van der Waals surface area contributed by atoms with Crippen molar-refractivity contribution in [3.05, 3.63) is 18.2 Å². The molecule has 0 saturated carbocycles. The quantitative estimate of drug-likeness (QED) is 0.552. The SMILES string of the molecule is CC(C)NS(=O)(=O)c1cccc(OS(=O)(=O)CCCCl)n1. The van der Waals surface area contributed by atoms with Gasteiger partial charge in [-0.3, -0.25) is 0 Å². The van der Waals surface area contributed by atoms with Gasteiger partial charge in [0.15, 0.2) is 5.03 Å². The van der Waals surface area contributed by atoms with Crippen LogP contribution >= 0.6 is 11.6 Å². The molecule has 7 nitrogen and oxygen atoms in total. The molecule has 120 valence electrons. The van der Waals surface area contributed by atoms with E-state index in [1.807, 2.05) is 0 Å². The van der Waals surface area contributed by atoms with Gasteiger partial charge in [0, 0.05) is 18.0 Å². The maximum absolute atomic E-state index is 11.9. The van der Waals surface area contributed by atoms with E-state index in [0.29, 0.717) is 0 Å². The highest BCUT2D eigenvalue weighted by Crippen LogP contribution is 2.14. The lowest BCUT2D eigenvalue weighted by atomic mass is 10.4. The van der Waals surface area contributed by atoms with E-state index in [-0.39, 0.29) is 35.0 Å². The van der Waals surface area contributed by atoms with Crippen molar-refractivity contribution in [2.45, 2.75) is 31.3 Å². The Balaban J connectivity index is 2.96. The molecule has 0 aliphatic rings. The van der Waals surface area contributed by atoms with Crippen molar-refractivity contribution in [1.82, 2.24) is 9.71 Å². The summed E-state index contributed by atoms with van der Waals surface area (Å²) in [4.78, 5) is 3.71. The number of nitrogens with zero attached hydrogens (tertiary/aromatic N) is 1. The van der Waals surface area contributed by atoms with Crippen LogP contribution in [0.15, 0.2) is 23.2 Å². The lowest BCUT2D eigenvalue weighted by Crippen LogP contribution is -2.31. The highest BCUT2D eigenvalue weighted by molar-refractivity contribution is 7.89. The van der Waals surface area contributed by atoms with E-state index in [2.05, 4.69) is 9.71 Å². The van der Waals surface area contributed by atoms with Crippen molar-refractivity contribution in [2.75, 3.05) is 11.6 Å². The number of aromatic nitrogens is 1. The first kappa shape index (κ1) is 18.1. The summed E-state index contributed by atoms with van der Waals surface area (Å²) in [7, 11) is -7.66. The summed E-state index contributed by atoms with van der Waals surface area (Å²) >= 11 is 5.42. The molecule has 0 radical (unpaired) electrons. The largest absolute Gasteiger partial charge is 0.362 e. The van der Waals surface area contributed by atoms with E-state index < -0.39 is 20.1 Å². The van der Waals surface area contributed by atoms with Crippen LogP contribution < -0.4 is 8.91 Å². The molecule has 0 unspecified atom stereocenters. The molecule has 0 aromatic carbocycles. The second-order valence-corrected chi connectivity index (χ2v) is 8.21. The third-order valence-electron chi connectivity index (χ3n) is 2.10. The Hall–Kier alpha value is -0.900. The maximum atomic E-state index is 11.9. The number of hydrogen-bond donors (Lipinski definition) is 1. The summed E-state index contributed by atoms with van der Waals surface area (Å²) in [6.07, 6.45) is 0.233. The van der Waals surface area contributed by atoms with Crippen LogP contribution in [-0.2, 0) is 20.1 Å². The molecule has 1 aromatic heterocycles. The Bertz CT molecular complexity index is 674. The van der Waals surface area contributed by atoms with Crippen molar-refractivity contribution in [3.8, 4) is 5.88 Å². The van der Waals surface area contributed by atoms with E-state index in [0.717, 1.165) is 0 Å². The van der Waals surface area contributed by atoms with Gasteiger partial charge in [0.05, 0.1) is 5.75 Å². The van der Waals surface area contributed by atoms with Gasteiger partial charge in [0.2, 0.25) is 5.88 Å². The summed E-state index contributed by atoms with van der Waals surface area (Å²) in [6.45, 7) is 3.32. The van der Waals surface area contributed by atoms with Gasteiger partial charge in [-0.1, -0.05) is 6.07 Å². The van der Waals surface area contributed by atoms with Crippen molar-refractivity contribution in [2.24, 2.45) is 0 Å². The lowest BCUT2D eigenvalue weighted by molar-refractivity contribution is 0.471. The van der Waals surface area contributed by atoms with Gasteiger partial charge < -0.3 is 4.18 Å². The molecule has 1 aromatic rings. The van der Waals surface area contributed by atoms with E-state index in [1.54, 1.807) is 13.8 Å². The number of hydrogen-bond acceptors (Lipinski definition) is 6. The molecule has 0 amide bonds. The standard InChI is InChI=1S/C11H17ClN2O5S2/c1-9(2)14-21(17,18)11-6-3-5-10(13-11)19-20(15,16)8-4-7-12/h3,5-6,9,14H,4,7-8H2,1-2H3. The van der Waals surface area contributed by atoms with E-state index >= 15 is 0 Å². The molecule has 10 heteroatoms. The Kier molecular flexibility index (Phi) is 6.39. The van der Waals surface area contributed by atoms with Crippen molar-refractivity contribution < 1.29 is 21.0 Å². The molecule has 0 spiro atoms. The molecular formula is C11H17ClN2O5S2. The summed E-state index contributed by atoms with van der Waals surface area (Å²) in [5, 5.41) is -0.304. The van der Waals surface area contributed by atoms with Crippen molar-refractivity contribution >= 4 is 31.7 Å². The molecule has 1 rings (SSSR count). The van der Waals surface area contributed by atoms with Crippen LogP contribution in [0, 0.1) is 0 Å². The van der Waals surface area contributed by atoms with Crippen LogP contribution in [0.5, 0.6) is 5.88 Å². The Labute approximate surface area is 129 Å². The predicted octanol–water partition coefficient (Wildman–Crippen LogP) is 1.11. The minimum Gasteiger partial charge on any atom is -0.362 e. The van der Waals surface area contributed by atoms with E-state index in [1.165, 1.54) is 18.2 Å². The molecule has 0 saturated heterocycles. The van der Waals surface area contributed by atoms with Crippen LogP contribution in [0.3, 0.4) is 0 Å². The van der Waals surface area contributed by atoms with Gasteiger partial charge in [0.25, 0.3) is 10.0 Å². The third kappa shape index (κ3) is 6.16. The first-order valence-corrected chi connectivity index (χ1v) is 9.73. The van der Waals surface area contributed by atoms with Crippen LogP contribution in [0.4, 0.5) is 0 Å². The molecule has 0 fully saturated rings. The Morgan fingerprint density at radius 3 is 2.52 bits per heavy atom. The number of nitrogens with one attached hydrogen (secondary N) is 1. The second kappa shape index (κ2) is 7.39. The zero-order chi connectivity index (χ0) is 16.1. The zero-order valence-electron chi connectivity index (χ0n) is 11.6. The second-order valence-electron chi connectivity index (χ2n) is 4.48. The average molecular weight is 357 g/mol. The van der Waals surface area contributed by atoms with Crippen molar-refractivity contribution in [1.29, 1.82) is 0 Å². The molecule has 0 aliphatic carbocycles. The summed E-state index contributed by atoms with van der Waals surface area (Å²) < 4.78 is 54.2.